The molecule has 1 aromatic carbocycles. The van der Waals surface area contributed by atoms with E-state index in [-0.39, 0.29) is 0 Å². The van der Waals surface area contributed by atoms with Gasteiger partial charge in [-0.15, -0.1) is 10.2 Å². The van der Waals surface area contributed by atoms with Gasteiger partial charge in [0.2, 0.25) is 0 Å². The van der Waals surface area contributed by atoms with Crippen LogP contribution in [0.15, 0.2) is 36.5 Å². The predicted octanol–water partition coefficient (Wildman–Crippen LogP) is 2.67. The highest BCUT2D eigenvalue weighted by Gasteiger charge is 2.07. The van der Waals surface area contributed by atoms with E-state index in [1.807, 2.05) is 42.1 Å². The number of halogens is 1. The lowest BCUT2D eigenvalue weighted by Gasteiger charge is -2.08. The quantitative estimate of drug-likeness (QED) is 0.801. The number of benzene rings is 1. The summed E-state index contributed by atoms with van der Waals surface area (Å²) in [5.41, 5.74) is 1.17. The molecule has 0 atom stereocenters. The van der Waals surface area contributed by atoms with Crippen LogP contribution in [0.2, 0.25) is 5.15 Å². The van der Waals surface area contributed by atoms with Crippen LogP contribution in [-0.2, 0) is 13.5 Å². The van der Waals surface area contributed by atoms with E-state index >= 15 is 0 Å². The number of anilines is 1. The molecule has 5 nitrogen and oxygen atoms in total. The highest BCUT2D eigenvalue weighted by Crippen LogP contribution is 2.25. The van der Waals surface area contributed by atoms with Gasteiger partial charge in [0.1, 0.15) is 0 Å². The Labute approximate surface area is 121 Å². The van der Waals surface area contributed by atoms with Crippen molar-refractivity contribution in [3.63, 3.8) is 0 Å². The van der Waals surface area contributed by atoms with Crippen molar-refractivity contribution in [3.05, 3.63) is 47.4 Å². The summed E-state index contributed by atoms with van der Waals surface area (Å²) in [6.07, 6.45) is 2.67. The van der Waals surface area contributed by atoms with Gasteiger partial charge in [-0.1, -0.05) is 35.9 Å². The summed E-state index contributed by atoms with van der Waals surface area (Å²) < 4.78 is 1.87. The van der Waals surface area contributed by atoms with Crippen molar-refractivity contribution < 1.29 is 0 Å². The molecule has 0 fully saturated rings. The van der Waals surface area contributed by atoms with Gasteiger partial charge in [0, 0.05) is 42.7 Å². The van der Waals surface area contributed by atoms with Crippen molar-refractivity contribution in [2.75, 3.05) is 11.9 Å². The Morgan fingerprint density at radius 2 is 1.95 bits per heavy atom. The topological polar surface area (TPSA) is 55.6 Å². The van der Waals surface area contributed by atoms with Crippen molar-refractivity contribution in [1.29, 1.82) is 0 Å². The molecule has 0 aliphatic heterocycles. The van der Waals surface area contributed by atoms with Crippen LogP contribution in [-0.4, -0.2) is 26.5 Å². The standard InChI is InChI=1S/C14H14ClN5/c1-20-10(7-9-17-20)6-8-16-14-12-5-3-2-4-11(12)13(15)18-19-14/h2-5,7,9H,6,8H2,1H3,(H,16,19). The van der Waals surface area contributed by atoms with Gasteiger partial charge in [-0.3, -0.25) is 4.68 Å². The second kappa shape index (κ2) is 5.46. The fourth-order valence-corrected chi connectivity index (χ4v) is 2.36. The molecule has 0 saturated heterocycles. The third-order valence-electron chi connectivity index (χ3n) is 3.24. The Balaban J connectivity index is 1.78. The number of nitrogens with zero attached hydrogens (tertiary/aromatic N) is 4. The minimum absolute atomic E-state index is 0.429. The molecule has 6 heteroatoms. The number of hydrogen-bond acceptors (Lipinski definition) is 4. The molecule has 102 valence electrons. The van der Waals surface area contributed by atoms with E-state index in [1.165, 1.54) is 5.69 Å². The Kier molecular flexibility index (Phi) is 3.52. The molecule has 0 aliphatic rings. The molecule has 0 saturated carbocycles. The van der Waals surface area contributed by atoms with Gasteiger partial charge in [-0.25, -0.2) is 0 Å². The van der Waals surface area contributed by atoms with Gasteiger partial charge in [0.05, 0.1) is 0 Å². The number of rotatable bonds is 4. The van der Waals surface area contributed by atoms with E-state index in [9.17, 15) is 0 Å². The SMILES string of the molecule is Cn1nccc1CCNc1nnc(Cl)c2ccccc12. The number of hydrogen-bond donors (Lipinski definition) is 1. The van der Waals surface area contributed by atoms with Gasteiger partial charge < -0.3 is 5.32 Å². The first-order valence-corrected chi connectivity index (χ1v) is 6.75. The first-order chi connectivity index (χ1) is 9.75. The molecular weight excluding hydrogens is 274 g/mol. The largest absolute Gasteiger partial charge is 0.368 e. The minimum Gasteiger partial charge on any atom is -0.368 e. The lowest BCUT2D eigenvalue weighted by molar-refractivity contribution is 0.711. The summed E-state index contributed by atoms with van der Waals surface area (Å²) in [5.74, 6) is 0.757. The Bertz CT molecular complexity index is 737. The molecular formula is C14H14ClN5. The second-order valence-corrected chi connectivity index (χ2v) is 4.87. The maximum atomic E-state index is 6.05. The van der Waals surface area contributed by atoms with Crippen LogP contribution in [0.5, 0.6) is 0 Å². The average molecular weight is 288 g/mol. The van der Waals surface area contributed by atoms with Gasteiger partial charge in [0.15, 0.2) is 11.0 Å². The van der Waals surface area contributed by atoms with Gasteiger partial charge in [-0.05, 0) is 6.07 Å². The summed E-state index contributed by atoms with van der Waals surface area (Å²) in [5, 5.41) is 17.9. The molecule has 2 aromatic heterocycles. The first-order valence-electron chi connectivity index (χ1n) is 6.37. The van der Waals surface area contributed by atoms with Crippen molar-refractivity contribution in [2.45, 2.75) is 6.42 Å². The number of aryl methyl sites for hydroxylation is 1. The molecule has 1 N–H and O–H groups in total. The number of aromatic nitrogens is 4. The summed E-state index contributed by atoms with van der Waals surface area (Å²) in [6, 6.07) is 9.84. The molecule has 0 bridgehead atoms. The van der Waals surface area contributed by atoms with Crippen molar-refractivity contribution in [2.24, 2.45) is 7.05 Å². The summed E-state index contributed by atoms with van der Waals surface area (Å²) in [7, 11) is 1.94. The second-order valence-electron chi connectivity index (χ2n) is 4.51. The molecule has 3 rings (SSSR count). The van der Waals surface area contributed by atoms with E-state index in [4.69, 9.17) is 11.6 Å². The fourth-order valence-electron chi connectivity index (χ4n) is 2.16. The predicted molar refractivity (Wildman–Crippen MR) is 79.9 cm³/mol. The maximum Gasteiger partial charge on any atom is 0.159 e. The van der Waals surface area contributed by atoms with Crippen LogP contribution in [0.1, 0.15) is 5.69 Å². The normalized spacial score (nSPS) is 10.9. The number of fused-ring (bicyclic) bond motifs is 1. The summed E-state index contributed by atoms with van der Waals surface area (Å²) in [4.78, 5) is 0. The monoisotopic (exact) mass is 287 g/mol. The Morgan fingerprint density at radius 1 is 1.15 bits per heavy atom. The van der Waals surface area contributed by atoms with Crippen LogP contribution in [0, 0.1) is 0 Å². The molecule has 0 spiro atoms. The van der Waals surface area contributed by atoms with Crippen molar-refractivity contribution >= 4 is 28.2 Å². The lowest BCUT2D eigenvalue weighted by Crippen LogP contribution is -2.10. The third kappa shape index (κ3) is 2.44. The zero-order valence-corrected chi connectivity index (χ0v) is 11.8. The van der Waals surface area contributed by atoms with Gasteiger partial charge in [0.25, 0.3) is 0 Å². The van der Waals surface area contributed by atoms with Crippen LogP contribution in [0.25, 0.3) is 10.8 Å². The Hall–Kier alpha value is -2.14. The molecule has 2 heterocycles. The smallest absolute Gasteiger partial charge is 0.159 e. The molecule has 0 amide bonds. The lowest BCUT2D eigenvalue weighted by atomic mass is 10.2. The molecule has 0 aliphatic carbocycles. The third-order valence-corrected chi connectivity index (χ3v) is 3.52. The molecule has 3 aromatic rings. The summed E-state index contributed by atoms with van der Waals surface area (Å²) in [6.45, 7) is 0.764. The van der Waals surface area contributed by atoms with E-state index in [1.54, 1.807) is 6.20 Å². The van der Waals surface area contributed by atoms with Crippen molar-refractivity contribution in [3.8, 4) is 0 Å². The average Bonchev–Trinajstić information content (AvgIpc) is 2.87. The zero-order valence-electron chi connectivity index (χ0n) is 11.0. The Morgan fingerprint density at radius 3 is 2.70 bits per heavy atom. The molecule has 0 unspecified atom stereocenters. The molecule has 0 radical (unpaired) electrons. The van der Waals surface area contributed by atoms with E-state index < -0.39 is 0 Å². The highest BCUT2D eigenvalue weighted by molar-refractivity contribution is 6.34. The van der Waals surface area contributed by atoms with Crippen LogP contribution >= 0.6 is 11.6 Å². The highest BCUT2D eigenvalue weighted by atomic mass is 35.5. The fraction of sp³-hybridized carbons (Fsp3) is 0.214. The molecule has 20 heavy (non-hydrogen) atoms. The van der Waals surface area contributed by atoms with Crippen LogP contribution < -0.4 is 5.32 Å². The van der Waals surface area contributed by atoms with Crippen LogP contribution in [0.4, 0.5) is 5.82 Å². The van der Waals surface area contributed by atoms with E-state index in [0.717, 1.165) is 29.6 Å². The maximum absolute atomic E-state index is 6.05. The minimum atomic E-state index is 0.429. The zero-order chi connectivity index (χ0) is 13.9. The number of nitrogens with one attached hydrogen (secondary N) is 1. The van der Waals surface area contributed by atoms with Gasteiger partial charge >= 0.3 is 0 Å². The van der Waals surface area contributed by atoms with E-state index in [0.29, 0.717) is 5.15 Å². The van der Waals surface area contributed by atoms with Crippen molar-refractivity contribution in [1.82, 2.24) is 20.0 Å². The van der Waals surface area contributed by atoms with Gasteiger partial charge in [-0.2, -0.15) is 5.10 Å². The summed E-state index contributed by atoms with van der Waals surface area (Å²) >= 11 is 6.05. The van der Waals surface area contributed by atoms with Crippen LogP contribution in [0.3, 0.4) is 0 Å². The first kappa shape index (κ1) is 12.9. The van der Waals surface area contributed by atoms with E-state index in [2.05, 4.69) is 20.6 Å².